The molecule has 0 unspecified atom stereocenters. The third-order valence-corrected chi connectivity index (χ3v) is 6.63. The Kier molecular flexibility index (Phi) is 14.7. The molecule has 0 heterocycles. The highest BCUT2D eigenvalue weighted by molar-refractivity contribution is 6.76. The van der Waals surface area contributed by atoms with E-state index >= 15 is 0 Å². The van der Waals surface area contributed by atoms with Crippen LogP contribution < -0.4 is 5.32 Å². The second-order valence-corrected chi connectivity index (χ2v) is 11.6. The standard InChI is InChI=1S/C31H34Cl3NO7/c1-38-22-42-27(17-36)29(41-20-25-15-9-4-10-16-25)28(40-19-24-13-7-3-8-14-24)26(35-30(37)31(32,33)34)21-39-18-23-11-5-2-6-12-23/h2-17,26-29H,18-22H2,1H3,(H,35,37)/t26-,27+,28-,29-/m1/s1. The predicted molar refractivity (Wildman–Crippen MR) is 161 cm³/mol. The molecule has 0 aliphatic heterocycles. The van der Waals surface area contributed by atoms with Crippen LogP contribution >= 0.6 is 34.8 Å². The Labute approximate surface area is 261 Å². The molecule has 0 aromatic heterocycles. The number of benzene rings is 3. The van der Waals surface area contributed by atoms with Gasteiger partial charge in [0, 0.05) is 7.11 Å². The van der Waals surface area contributed by atoms with Crippen LogP contribution in [-0.4, -0.2) is 60.8 Å². The van der Waals surface area contributed by atoms with E-state index in [0.717, 1.165) is 16.7 Å². The van der Waals surface area contributed by atoms with Crippen molar-refractivity contribution in [2.75, 3.05) is 20.5 Å². The predicted octanol–water partition coefficient (Wildman–Crippen LogP) is 5.42. The van der Waals surface area contributed by atoms with E-state index in [1.54, 1.807) is 0 Å². The fourth-order valence-electron chi connectivity index (χ4n) is 4.05. The molecule has 3 rings (SSSR count). The van der Waals surface area contributed by atoms with Crippen LogP contribution in [0.1, 0.15) is 16.7 Å². The van der Waals surface area contributed by atoms with E-state index in [0.29, 0.717) is 6.29 Å². The van der Waals surface area contributed by atoms with Gasteiger partial charge in [-0.15, -0.1) is 0 Å². The number of rotatable bonds is 18. The lowest BCUT2D eigenvalue weighted by Crippen LogP contribution is -2.58. The van der Waals surface area contributed by atoms with Crippen LogP contribution in [0, 0.1) is 0 Å². The summed E-state index contributed by atoms with van der Waals surface area (Å²) in [4.78, 5) is 25.3. The number of hydrogen-bond acceptors (Lipinski definition) is 7. The Balaban J connectivity index is 1.96. The average Bonchev–Trinajstić information content (AvgIpc) is 3.00. The zero-order valence-electron chi connectivity index (χ0n) is 23.1. The lowest BCUT2D eigenvalue weighted by atomic mass is 10.0. The van der Waals surface area contributed by atoms with E-state index < -0.39 is 34.1 Å². The van der Waals surface area contributed by atoms with Gasteiger partial charge in [-0.1, -0.05) is 126 Å². The second-order valence-electron chi connectivity index (χ2n) is 9.27. The maximum atomic E-state index is 12.9. The maximum absolute atomic E-state index is 12.9. The molecular weight excluding hydrogens is 605 g/mol. The Bertz CT molecular complexity index is 1180. The summed E-state index contributed by atoms with van der Waals surface area (Å²) in [7, 11) is 1.44. The molecule has 0 aliphatic carbocycles. The van der Waals surface area contributed by atoms with Crippen LogP contribution in [-0.2, 0) is 53.1 Å². The van der Waals surface area contributed by atoms with Crippen molar-refractivity contribution in [3.8, 4) is 0 Å². The van der Waals surface area contributed by atoms with Crippen molar-refractivity contribution in [2.45, 2.75) is 48.0 Å². The first-order chi connectivity index (χ1) is 20.3. The Morgan fingerprint density at radius 3 is 1.69 bits per heavy atom. The van der Waals surface area contributed by atoms with Gasteiger partial charge < -0.3 is 33.8 Å². The van der Waals surface area contributed by atoms with Crippen molar-refractivity contribution in [1.82, 2.24) is 5.32 Å². The molecule has 8 nitrogen and oxygen atoms in total. The number of halogens is 3. The van der Waals surface area contributed by atoms with Gasteiger partial charge in [-0.25, -0.2) is 0 Å². The van der Waals surface area contributed by atoms with Crippen LogP contribution in [0.3, 0.4) is 0 Å². The van der Waals surface area contributed by atoms with Gasteiger partial charge in [0.25, 0.3) is 9.70 Å². The molecule has 0 spiro atoms. The number of alkyl halides is 3. The molecule has 226 valence electrons. The van der Waals surface area contributed by atoms with Crippen molar-refractivity contribution in [3.05, 3.63) is 108 Å². The Morgan fingerprint density at radius 2 is 1.24 bits per heavy atom. The van der Waals surface area contributed by atoms with E-state index in [1.807, 2.05) is 91.0 Å². The van der Waals surface area contributed by atoms with Crippen LogP contribution in [0.15, 0.2) is 91.0 Å². The number of amides is 1. The first-order valence-corrected chi connectivity index (χ1v) is 14.3. The van der Waals surface area contributed by atoms with Crippen LogP contribution in [0.5, 0.6) is 0 Å². The van der Waals surface area contributed by atoms with E-state index in [2.05, 4.69) is 5.32 Å². The van der Waals surface area contributed by atoms with Crippen LogP contribution in [0.2, 0.25) is 0 Å². The van der Waals surface area contributed by atoms with Crippen LogP contribution in [0.4, 0.5) is 0 Å². The topological polar surface area (TPSA) is 92.3 Å². The number of carbonyl (C=O) groups is 2. The zero-order valence-corrected chi connectivity index (χ0v) is 25.3. The van der Waals surface area contributed by atoms with Crippen molar-refractivity contribution >= 4 is 47.0 Å². The molecule has 0 radical (unpaired) electrons. The molecule has 0 bridgehead atoms. The van der Waals surface area contributed by atoms with E-state index in [1.165, 1.54) is 7.11 Å². The molecule has 42 heavy (non-hydrogen) atoms. The van der Waals surface area contributed by atoms with Crippen LogP contribution in [0.25, 0.3) is 0 Å². The Morgan fingerprint density at radius 1 is 0.762 bits per heavy atom. The van der Waals surface area contributed by atoms with Gasteiger partial charge >= 0.3 is 0 Å². The van der Waals surface area contributed by atoms with E-state index in [9.17, 15) is 9.59 Å². The molecule has 0 saturated heterocycles. The SMILES string of the molecule is COCO[C@@H](C=O)[C@@H](OCc1ccccc1)[C@H](OCc1ccccc1)[C@@H](COCc1ccccc1)NC(=O)C(Cl)(Cl)Cl. The van der Waals surface area contributed by atoms with Gasteiger partial charge in [0.05, 0.1) is 32.5 Å². The smallest absolute Gasteiger partial charge is 0.272 e. The fraction of sp³-hybridized carbons (Fsp3) is 0.355. The highest BCUT2D eigenvalue weighted by Crippen LogP contribution is 2.27. The largest absolute Gasteiger partial charge is 0.375 e. The molecule has 1 N–H and O–H groups in total. The first-order valence-electron chi connectivity index (χ1n) is 13.2. The molecule has 3 aromatic rings. The fourth-order valence-corrected chi connectivity index (χ4v) is 4.22. The molecule has 0 saturated carbocycles. The van der Waals surface area contributed by atoms with E-state index in [4.69, 9.17) is 58.5 Å². The second kappa shape index (κ2) is 18.2. The summed E-state index contributed by atoms with van der Waals surface area (Å²) in [6.07, 6.45) is -2.59. The first kappa shape index (κ1) is 34.0. The molecule has 0 fully saturated rings. The third kappa shape index (κ3) is 11.6. The Hall–Kier alpha value is -2.53. The highest BCUT2D eigenvalue weighted by atomic mass is 35.6. The maximum Gasteiger partial charge on any atom is 0.272 e. The number of ether oxygens (including phenoxy) is 5. The minimum atomic E-state index is -2.27. The minimum Gasteiger partial charge on any atom is -0.375 e. The molecule has 1 amide bonds. The number of nitrogens with one attached hydrogen (secondary N) is 1. The average molecular weight is 639 g/mol. The van der Waals surface area contributed by atoms with Gasteiger partial charge in [-0.3, -0.25) is 4.79 Å². The van der Waals surface area contributed by atoms with Crippen molar-refractivity contribution in [1.29, 1.82) is 0 Å². The molecular formula is C31H34Cl3NO7. The minimum absolute atomic E-state index is 0.0676. The van der Waals surface area contributed by atoms with Gasteiger partial charge in [0.2, 0.25) is 0 Å². The number of methoxy groups -OCH3 is 1. The van der Waals surface area contributed by atoms with E-state index in [-0.39, 0.29) is 33.2 Å². The summed E-state index contributed by atoms with van der Waals surface area (Å²) in [6.45, 7) is 0.218. The van der Waals surface area contributed by atoms with Crippen molar-refractivity contribution < 1.29 is 33.3 Å². The highest BCUT2D eigenvalue weighted by Gasteiger charge is 2.41. The lowest BCUT2D eigenvalue weighted by Gasteiger charge is -2.36. The molecule has 0 aliphatic rings. The third-order valence-electron chi connectivity index (χ3n) is 6.11. The quantitative estimate of drug-likeness (QED) is 0.113. The number of aldehydes is 1. The summed E-state index contributed by atoms with van der Waals surface area (Å²) < 4.78 is 27.2. The monoisotopic (exact) mass is 637 g/mol. The summed E-state index contributed by atoms with van der Waals surface area (Å²) >= 11 is 17.8. The van der Waals surface area contributed by atoms with Crippen molar-refractivity contribution in [3.63, 3.8) is 0 Å². The van der Waals surface area contributed by atoms with Gasteiger partial charge in [-0.2, -0.15) is 0 Å². The summed E-state index contributed by atoms with van der Waals surface area (Å²) in [5.74, 6) is -0.892. The summed E-state index contributed by atoms with van der Waals surface area (Å²) in [6, 6.07) is 27.4. The number of hydrogen-bond donors (Lipinski definition) is 1. The lowest BCUT2D eigenvalue weighted by molar-refractivity contribution is -0.182. The number of carbonyl (C=O) groups excluding carboxylic acids is 2. The van der Waals surface area contributed by atoms with Gasteiger partial charge in [-0.05, 0) is 16.7 Å². The molecule has 11 heteroatoms. The van der Waals surface area contributed by atoms with Crippen molar-refractivity contribution in [2.24, 2.45) is 0 Å². The van der Waals surface area contributed by atoms with Gasteiger partial charge in [0.15, 0.2) is 6.29 Å². The summed E-state index contributed by atoms with van der Waals surface area (Å²) in [5.41, 5.74) is 2.61. The van der Waals surface area contributed by atoms with Gasteiger partial charge in [0.1, 0.15) is 25.1 Å². The molecule has 4 atom stereocenters. The molecule has 3 aromatic carbocycles. The zero-order chi connectivity index (χ0) is 30.2. The summed E-state index contributed by atoms with van der Waals surface area (Å²) in [5, 5.41) is 2.73. The normalized spacial score (nSPS) is 14.5.